The molecule has 0 saturated heterocycles. The Morgan fingerprint density at radius 2 is 1.16 bits per heavy atom. The SMILES string of the molecule is C=CC(=C)[SiH2]CC(N(CCCC)CCCC)N(CCCC)CCCC. The summed E-state index contributed by atoms with van der Waals surface area (Å²) in [7, 11) is -0.286. The number of hydrogen-bond donors (Lipinski definition) is 0. The molecule has 2 nitrogen and oxygen atoms in total. The Morgan fingerprint density at radius 3 is 1.44 bits per heavy atom. The van der Waals surface area contributed by atoms with Gasteiger partial charge in [0.15, 0.2) is 0 Å². The molecule has 0 aliphatic rings. The molecule has 0 amide bonds. The molecule has 3 heteroatoms. The minimum Gasteiger partial charge on any atom is -0.288 e. The van der Waals surface area contributed by atoms with Crippen molar-refractivity contribution < 1.29 is 0 Å². The lowest BCUT2D eigenvalue weighted by molar-refractivity contribution is 0.0502. The standard InChI is InChI=1S/C22H46N2Si/c1-7-12-16-23(17-13-8-2)22(20-25-21(6)11-5)24(18-14-9-3)19-15-10-4/h11,22H,5-10,12-20,25H2,1-4H3. The van der Waals surface area contributed by atoms with Crippen molar-refractivity contribution in [2.45, 2.75) is 91.3 Å². The highest BCUT2D eigenvalue weighted by Gasteiger charge is 2.24. The van der Waals surface area contributed by atoms with E-state index in [1.165, 1.54) is 88.8 Å². The summed E-state index contributed by atoms with van der Waals surface area (Å²) in [6.07, 6.45) is 13.0. The van der Waals surface area contributed by atoms with E-state index in [2.05, 4.69) is 50.7 Å². The van der Waals surface area contributed by atoms with Gasteiger partial charge in [-0.05, 0) is 57.9 Å². The van der Waals surface area contributed by atoms with E-state index in [1.807, 2.05) is 6.08 Å². The topological polar surface area (TPSA) is 6.48 Å². The minimum absolute atomic E-state index is 0.286. The second kappa shape index (κ2) is 17.1. The zero-order chi connectivity index (χ0) is 18.9. The third-order valence-electron chi connectivity index (χ3n) is 5.05. The fourth-order valence-electron chi connectivity index (χ4n) is 3.28. The van der Waals surface area contributed by atoms with Crippen LogP contribution in [0.25, 0.3) is 0 Å². The summed E-state index contributed by atoms with van der Waals surface area (Å²) < 4.78 is 0. The minimum atomic E-state index is -0.286. The quantitative estimate of drug-likeness (QED) is 0.182. The predicted octanol–water partition coefficient (Wildman–Crippen LogP) is 5.40. The van der Waals surface area contributed by atoms with E-state index in [0.717, 1.165) is 0 Å². The molecule has 0 atom stereocenters. The molecule has 0 fully saturated rings. The summed E-state index contributed by atoms with van der Waals surface area (Å²) in [6, 6.07) is 1.33. The van der Waals surface area contributed by atoms with Gasteiger partial charge in [0, 0.05) is 0 Å². The Morgan fingerprint density at radius 1 is 0.800 bits per heavy atom. The fourth-order valence-corrected chi connectivity index (χ4v) is 4.84. The summed E-state index contributed by atoms with van der Waals surface area (Å²) in [5.74, 6) is 0. The Labute approximate surface area is 161 Å². The maximum absolute atomic E-state index is 4.22. The second-order valence-corrected chi connectivity index (χ2v) is 9.35. The molecule has 0 aromatic rings. The summed E-state index contributed by atoms with van der Waals surface area (Å²) in [4.78, 5) is 5.61. The van der Waals surface area contributed by atoms with Gasteiger partial charge in [0.1, 0.15) is 0 Å². The van der Waals surface area contributed by atoms with Gasteiger partial charge < -0.3 is 0 Å². The molecular weight excluding hydrogens is 320 g/mol. The van der Waals surface area contributed by atoms with E-state index < -0.39 is 0 Å². The summed E-state index contributed by atoms with van der Waals surface area (Å²) in [6.45, 7) is 22.4. The molecule has 0 bridgehead atoms. The maximum Gasteiger partial charge on any atom is 0.0596 e. The van der Waals surface area contributed by atoms with Crippen LogP contribution >= 0.6 is 0 Å². The first kappa shape index (κ1) is 24.6. The van der Waals surface area contributed by atoms with E-state index in [4.69, 9.17) is 0 Å². The van der Waals surface area contributed by atoms with Crippen LogP contribution in [-0.4, -0.2) is 51.7 Å². The van der Waals surface area contributed by atoms with Crippen LogP contribution < -0.4 is 0 Å². The Balaban J connectivity index is 5.21. The summed E-state index contributed by atoms with van der Waals surface area (Å²) in [5, 5.41) is 1.32. The van der Waals surface area contributed by atoms with Crippen molar-refractivity contribution >= 4 is 9.52 Å². The Hall–Kier alpha value is -0.383. The van der Waals surface area contributed by atoms with Gasteiger partial charge in [-0.15, -0.1) is 6.58 Å². The molecule has 0 aliphatic carbocycles. The van der Waals surface area contributed by atoms with Crippen LogP contribution in [0.5, 0.6) is 0 Å². The third-order valence-corrected chi connectivity index (χ3v) is 6.79. The van der Waals surface area contributed by atoms with Gasteiger partial charge in [-0.3, -0.25) is 9.80 Å². The highest BCUT2D eigenvalue weighted by atomic mass is 28.2. The van der Waals surface area contributed by atoms with Crippen molar-refractivity contribution in [2.75, 3.05) is 26.2 Å². The van der Waals surface area contributed by atoms with Gasteiger partial charge >= 0.3 is 0 Å². The highest BCUT2D eigenvalue weighted by Crippen LogP contribution is 2.17. The van der Waals surface area contributed by atoms with E-state index >= 15 is 0 Å². The average molecular weight is 367 g/mol. The lowest BCUT2D eigenvalue weighted by atomic mass is 10.2. The van der Waals surface area contributed by atoms with Crippen molar-refractivity contribution in [3.8, 4) is 0 Å². The molecule has 0 aromatic carbocycles. The van der Waals surface area contributed by atoms with Gasteiger partial charge in [-0.1, -0.05) is 71.2 Å². The molecule has 0 spiro atoms. The first-order chi connectivity index (χ1) is 12.1. The lowest BCUT2D eigenvalue weighted by Gasteiger charge is -2.40. The molecule has 25 heavy (non-hydrogen) atoms. The Kier molecular flexibility index (Phi) is 16.8. The predicted molar refractivity (Wildman–Crippen MR) is 119 cm³/mol. The average Bonchev–Trinajstić information content (AvgIpc) is 2.63. The van der Waals surface area contributed by atoms with Crippen molar-refractivity contribution in [1.82, 2.24) is 9.80 Å². The number of nitrogens with zero attached hydrogens (tertiary/aromatic N) is 2. The van der Waals surface area contributed by atoms with Crippen LogP contribution in [-0.2, 0) is 0 Å². The summed E-state index contributed by atoms with van der Waals surface area (Å²) >= 11 is 0. The van der Waals surface area contributed by atoms with Gasteiger partial charge in [0.05, 0.1) is 15.7 Å². The molecule has 0 radical (unpaired) electrons. The molecule has 0 rings (SSSR count). The van der Waals surface area contributed by atoms with Crippen LogP contribution in [0.3, 0.4) is 0 Å². The zero-order valence-corrected chi connectivity index (χ0v) is 19.3. The molecule has 0 saturated carbocycles. The molecule has 0 heterocycles. The van der Waals surface area contributed by atoms with Crippen molar-refractivity contribution in [2.24, 2.45) is 0 Å². The molecule has 148 valence electrons. The fraction of sp³-hybridized carbons (Fsp3) is 0.818. The zero-order valence-electron chi connectivity index (χ0n) is 17.9. The lowest BCUT2D eigenvalue weighted by Crippen LogP contribution is -2.50. The van der Waals surface area contributed by atoms with E-state index in [0.29, 0.717) is 6.17 Å². The van der Waals surface area contributed by atoms with E-state index in [9.17, 15) is 0 Å². The third kappa shape index (κ3) is 11.8. The van der Waals surface area contributed by atoms with Crippen LogP contribution in [0.4, 0.5) is 0 Å². The van der Waals surface area contributed by atoms with E-state index in [-0.39, 0.29) is 9.52 Å². The molecule has 0 aromatic heterocycles. The normalized spacial score (nSPS) is 12.1. The van der Waals surface area contributed by atoms with Gasteiger partial charge in [0.25, 0.3) is 0 Å². The number of unbranched alkanes of at least 4 members (excludes halogenated alkanes) is 4. The maximum atomic E-state index is 4.22. The largest absolute Gasteiger partial charge is 0.288 e. The molecule has 0 unspecified atom stereocenters. The van der Waals surface area contributed by atoms with Crippen molar-refractivity contribution in [3.63, 3.8) is 0 Å². The first-order valence-electron chi connectivity index (χ1n) is 10.9. The van der Waals surface area contributed by atoms with Crippen LogP contribution in [0.1, 0.15) is 79.1 Å². The summed E-state index contributed by atoms with van der Waals surface area (Å²) in [5.41, 5.74) is 0. The Bertz CT molecular complexity index is 294. The number of rotatable bonds is 18. The van der Waals surface area contributed by atoms with Crippen LogP contribution in [0.2, 0.25) is 6.04 Å². The van der Waals surface area contributed by atoms with Crippen LogP contribution in [0.15, 0.2) is 24.4 Å². The van der Waals surface area contributed by atoms with E-state index in [1.54, 1.807) is 0 Å². The smallest absolute Gasteiger partial charge is 0.0596 e. The highest BCUT2D eigenvalue weighted by molar-refractivity contribution is 6.46. The van der Waals surface area contributed by atoms with Crippen molar-refractivity contribution in [3.05, 3.63) is 24.4 Å². The monoisotopic (exact) mass is 366 g/mol. The second-order valence-electron chi connectivity index (χ2n) is 7.37. The first-order valence-corrected chi connectivity index (χ1v) is 12.6. The molecule has 0 N–H and O–H groups in total. The van der Waals surface area contributed by atoms with Gasteiger partial charge in [-0.2, -0.15) is 0 Å². The number of hydrogen-bond acceptors (Lipinski definition) is 2. The van der Waals surface area contributed by atoms with Crippen molar-refractivity contribution in [1.29, 1.82) is 0 Å². The molecule has 0 aliphatic heterocycles. The van der Waals surface area contributed by atoms with Gasteiger partial charge in [0.2, 0.25) is 0 Å². The van der Waals surface area contributed by atoms with Crippen LogP contribution in [0, 0.1) is 0 Å². The number of allylic oxidation sites excluding steroid dienone is 2. The molecular formula is C22H46N2Si. The van der Waals surface area contributed by atoms with Gasteiger partial charge in [-0.25, -0.2) is 0 Å².